The lowest BCUT2D eigenvalue weighted by atomic mass is 10.0. The van der Waals surface area contributed by atoms with Crippen molar-refractivity contribution in [2.24, 2.45) is 0 Å². The van der Waals surface area contributed by atoms with Crippen LogP contribution in [0.4, 0.5) is 0 Å². The van der Waals surface area contributed by atoms with Crippen LogP contribution in [-0.2, 0) is 0 Å². The smallest absolute Gasteiger partial charge is 0.0641 e. The second-order valence-corrected chi connectivity index (χ2v) is 10.6. The standard InChI is InChI=1S/C38H24N2/c1-2-13-27(14-3-1)39-34-18-8-6-16-29(34)31-23-21-26-22-24-32-30-17-7-9-19-35(30)40(38(32)36(26)37(31)39)33-20-10-12-25-11-4-5-15-28(25)33/h1-24H. The first kappa shape index (κ1) is 21.6. The second kappa shape index (κ2) is 8.08. The van der Waals surface area contributed by atoms with E-state index >= 15 is 0 Å². The van der Waals surface area contributed by atoms with E-state index in [1.54, 1.807) is 0 Å². The Labute approximate surface area is 230 Å². The Morgan fingerprint density at radius 3 is 1.60 bits per heavy atom. The van der Waals surface area contributed by atoms with E-state index in [1.165, 1.54) is 76.5 Å². The van der Waals surface area contributed by atoms with Crippen molar-refractivity contribution in [3.05, 3.63) is 146 Å². The molecule has 0 spiro atoms. The summed E-state index contributed by atoms with van der Waals surface area (Å²) in [6.07, 6.45) is 0. The van der Waals surface area contributed by atoms with Crippen LogP contribution < -0.4 is 0 Å². The molecule has 9 aromatic rings. The maximum absolute atomic E-state index is 2.50. The van der Waals surface area contributed by atoms with E-state index < -0.39 is 0 Å². The van der Waals surface area contributed by atoms with Crippen LogP contribution in [0.5, 0.6) is 0 Å². The third-order valence-electron chi connectivity index (χ3n) is 8.47. The third-order valence-corrected chi connectivity index (χ3v) is 8.47. The first-order valence-corrected chi connectivity index (χ1v) is 13.8. The van der Waals surface area contributed by atoms with Gasteiger partial charge >= 0.3 is 0 Å². The molecule has 40 heavy (non-hydrogen) atoms. The van der Waals surface area contributed by atoms with Crippen LogP contribution in [0.25, 0.3) is 76.5 Å². The fourth-order valence-electron chi connectivity index (χ4n) is 6.81. The van der Waals surface area contributed by atoms with Gasteiger partial charge in [-0.2, -0.15) is 0 Å². The highest BCUT2D eigenvalue weighted by molar-refractivity contribution is 6.28. The topological polar surface area (TPSA) is 9.86 Å². The zero-order chi connectivity index (χ0) is 26.2. The van der Waals surface area contributed by atoms with E-state index in [4.69, 9.17) is 0 Å². The molecule has 0 unspecified atom stereocenters. The normalized spacial score (nSPS) is 12.0. The molecule has 0 amide bonds. The molecule has 0 saturated heterocycles. The summed E-state index contributed by atoms with van der Waals surface area (Å²) in [5, 5.41) is 10.1. The van der Waals surface area contributed by atoms with E-state index in [0.29, 0.717) is 0 Å². The molecule has 2 nitrogen and oxygen atoms in total. The first-order chi connectivity index (χ1) is 19.9. The van der Waals surface area contributed by atoms with Gasteiger partial charge in [-0.3, -0.25) is 0 Å². The average molecular weight is 509 g/mol. The van der Waals surface area contributed by atoms with Crippen LogP contribution in [0.3, 0.4) is 0 Å². The molecule has 0 aliphatic carbocycles. The molecule has 0 aliphatic heterocycles. The summed E-state index contributed by atoms with van der Waals surface area (Å²) < 4.78 is 4.96. The second-order valence-electron chi connectivity index (χ2n) is 10.6. The van der Waals surface area contributed by atoms with Crippen molar-refractivity contribution in [3.8, 4) is 11.4 Å². The van der Waals surface area contributed by atoms with Crippen molar-refractivity contribution in [2.75, 3.05) is 0 Å². The van der Waals surface area contributed by atoms with Crippen molar-refractivity contribution >= 4 is 65.2 Å². The van der Waals surface area contributed by atoms with Gasteiger partial charge in [0.25, 0.3) is 0 Å². The van der Waals surface area contributed by atoms with Crippen molar-refractivity contribution in [1.82, 2.24) is 9.13 Å². The van der Waals surface area contributed by atoms with Crippen molar-refractivity contribution in [3.63, 3.8) is 0 Å². The van der Waals surface area contributed by atoms with E-state index in [1.807, 2.05) is 0 Å². The average Bonchev–Trinajstić information content (AvgIpc) is 3.54. The number of rotatable bonds is 2. The predicted octanol–water partition coefficient (Wildman–Crippen LogP) is 10.2. The van der Waals surface area contributed by atoms with Crippen molar-refractivity contribution in [2.45, 2.75) is 0 Å². The van der Waals surface area contributed by atoms with Crippen molar-refractivity contribution < 1.29 is 0 Å². The molecule has 0 N–H and O–H groups in total. The Morgan fingerprint density at radius 1 is 0.325 bits per heavy atom. The van der Waals surface area contributed by atoms with Crippen LogP contribution >= 0.6 is 0 Å². The van der Waals surface area contributed by atoms with Crippen LogP contribution in [0, 0.1) is 0 Å². The van der Waals surface area contributed by atoms with Gasteiger partial charge in [0.05, 0.1) is 27.8 Å². The lowest BCUT2D eigenvalue weighted by molar-refractivity contribution is 1.18. The molecule has 0 atom stereocenters. The maximum atomic E-state index is 2.50. The summed E-state index contributed by atoms with van der Waals surface area (Å²) in [5.41, 5.74) is 7.32. The molecule has 186 valence electrons. The molecule has 2 heteroatoms. The predicted molar refractivity (Wildman–Crippen MR) is 170 cm³/mol. The fourth-order valence-corrected chi connectivity index (χ4v) is 6.81. The SMILES string of the molecule is c1ccc(-n2c3ccccc3c3ccc4ccc5c6ccccc6n(-c6cccc7ccccc67)c5c4c32)cc1. The molecule has 0 saturated carbocycles. The van der Waals surface area contributed by atoms with Crippen molar-refractivity contribution in [1.29, 1.82) is 0 Å². The van der Waals surface area contributed by atoms with E-state index in [2.05, 4.69) is 155 Å². The van der Waals surface area contributed by atoms with Gasteiger partial charge in [-0.15, -0.1) is 0 Å². The number of hydrogen-bond acceptors (Lipinski definition) is 0. The Bertz CT molecular complexity index is 2410. The summed E-state index contributed by atoms with van der Waals surface area (Å²) in [7, 11) is 0. The summed E-state index contributed by atoms with van der Waals surface area (Å²) in [6.45, 7) is 0. The molecule has 0 radical (unpaired) electrons. The van der Waals surface area contributed by atoms with Gasteiger partial charge in [0.1, 0.15) is 0 Å². The Balaban J connectivity index is 1.60. The summed E-state index contributed by atoms with van der Waals surface area (Å²) in [4.78, 5) is 0. The van der Waals surface area contributed by atoms with Gasteiger partial charge in [0, 0.05) is 38.0 Å². The molecule has 7 aromatic carbocycles. The van der Waals surface area contributed by atoms with Gasteiger partial charge in [-0.1, -0.05) is 115 Å². The molecule has 2 heterocycles. The van der Waals surface area contributed by atoms with E-state index in [-0.39, 0.29) is 0 Å². The number of aromatic nitrogens is 2. The number of hydrogen-bond donors (Lipinski definition) is 0. The van der Waals surface area contributed by atoms with Crippen LogP contribution in [0.1, 0.15) is 0 Å². The quantitative estimate of drug-likeness (QED) is 0.220. The van der Waals surface area contributed by atoms with Gasteiger partial charge in [0.15, 0.2) is 0 Å². The summed E-state index contributed by atoms with van der Waals surface area (Å²) >= 11 is 0. The lowest BCUT2D eigenvalue weighted by Crippen LogP contribution is -1.98. The Hall–Kier alpha value is -5.34. The van der Waals surface area contributed by atoms with Gasteiger partial charge in [-0.05, 0) is 41.1 Å². The van der Waals surface area contributed by atoms with Gasteiger partial charge in [0.2, 0.25) is 0 Å². The molecule has 2 aromatic heterocycles. The minimum Gasteiger partial charge on any atom is -0.309 e. The minimum atomic E-state index is 1.17. The van der Waals surface area contributed by atoms with Crippen LogP contribution in [0.2, 0.25) is 0 Å². The summed E-state index contributed by atoms with van der Waals surface area (Å²) in [6, 6.07) is 53.0. The maximum Gasteiger partial charge on any atom is 0.0641 e. The van der Waals surface area contributed by atoms with Crippen LogP contribution in [-0.4, -0.2) is 9.13 Å². The molecular weight excluding hydrogens is 484 g/mol. The molecule has 0 fully saturated rings. The summed E-state index contributed by atoms with van der Waals surface area (Å²) in [5.74, 6) is 0. The van der Waals surface area contributed by atoms with E-state index in [0.717, 1.165) is 0 Å². The molecule has 0 aliphatic rings. The fraction of sp³-hybridized carbons (Fsp3) is 0. The van der Waals surface area contributed by atoms with Gasteiger partial charge in [-0.25, -0.2) is 0 Å². The first-order valence-electron chi connectivity index (χ1n) is 13.8. The lowest BCUT2D eigenvalue weighted by Gasteiger charge is -2.15. The molecule has 0 bridgehead atoms. The van der Waals surface area contributed by atoms with Crippen LogP contribution in [0.15, 0.2) is 146 Å². The molecular formula is C38H24N2. The number of fused-ring (bicyclic) bond motifs is 10. The number of para-hydroxylation sites is 3. The highest BCUT2D eigenvalue weighted by Crippen LogP contribution is 2.43. The monoisotopic (exact) mass is 508 g/mol. The highest BCUT2D eigenvalue weighted by Gasteiger charge is 2.21. The highest BCUT2D eigenvalue weighted by atomic mass is 15.0. The Kier molecular flexibility index (Phi) is 4.36. The largest absolute Gasteiger partial charge is 0.309 e. The Morgan fingerprint density at radius 2 is 0.875 bits per heavy atom. The zero-order valence-corrected chi connectivity index (χ0v) is 21.8. The zero-order valence-electron chi connectivity index (χ0n) is 21.8. The minimum absolute atomic E-state index is 1.17. The third kappa shape index (κ3) is 2.82. The number of benzene rings is 7. The molecule has 9 rings (SSSR count). The van der Waals surface area contributed by atoms with Gasteiger partial charge < -0.3 is 9.13 Å². The van der Waals surface area contributed by atoms with E-state index in [9.17, 15) is 0 Å². The number of nitrogens with zero attached hydrogens (tertiary/aromatic N) is 2.